The standard InChI is InChI=1S/C18H29N3S/c1-14-5-7-17(8-6-14)20-18(22)19-9-4-10-21-12-15(2)11-16(3)13-21/h5-8,15-16H,4,9-13H2,1-3H3,(H2,19,20,22)/t15-,16-/m0/s1. The Balaban J connectivity index is 1.62. The summed E-state index contributed by atoms with van der Waals surface area (Å²) in [6.07, 6.45) is 2.51. The Labute approximate surface area is 140 Å². The molecule has 0 amide bonds. The molecule has 1 saturated heterocycles. The van der Waals surface area contributed by atoms with Gasteiger partial charge in [0.15, 0.2) is 5.11 Å². The first-order valence-electron chi connectivity index (χ1n) is 8.37. The van der Waals surface area contributed by atoms with Crippen molar-refractivity contribution in [3.05, 3.63) is 29.8 Å². The molecule has 1 aromatic carbocycles. The largest absolute Gasteiger partial charge is 0.362 e. The second kappa shape index (κ2) is 8.49. The van der Waals surface area contributed by atoms with Crippen LogP contribution in [0.1, 0.15) is 32.3 Å². The molecule has 1 aromatic rings. The molecule has 2 rings (SSSR count). The van der Waals surface area contributed by atoms with Crippen molar-refractivity contribution in [3.63, 3.8) is 0 Å². The molecule has 1 fully saturated rings. The lowest BCUT2D eigenvalue weighted by Crippen LogP contribution is -2.40. The first-order valence-corrected chi connectivity index (χ1v) is 8.77. The van der Waals surface area contributed by atoms with Crippen LogP contribution in [0.25, 0.3) is 0 Å². The van der Waals surface area contributed by atoms with Crippen molar-refractivity contribution in [2.45, 2.75) is 33.6 Å². The van der Waals surface area contributed by atoms with E-state index in [1.165, 1.54) is 25.1 Å². The number of hydrogen-bond acceptors (Lipinski definition) is 2. The second-order valence-electron chi connectivity index (χ2n) is 6.81. The number of thiocarbonyl (C=S) groups is 1. The molecule has 0 radical (unpaired) electrons. The highest BCUT2D eigenvalue weighted by Gasteiger charge is 2.20. The summed E-state index contributed by atoms with van der Waals surface area (Å²) in [6, 6.07) is 8.28. The fraction of sp³-hybridized carbons (Fsp3) is 0.611. The van der Waals surface area contributed by atoms with Crippen LogP contribution < -0.4 is 10.6 Å². The van der Waals surface area contributed by atoms with Crippen LogP contribution in [0.2, 0.25) is 0 Å². The summed E-state index contributed by atoms with van der Waals surface area (Å²) in [7, 11) is 0. The number of nitrogens with zero attached hydrogens (tertiary/aromatic N) is 1. The third-order valence-electron chi connectivity index (χ3n) is 4.19. The van der Waals surface area contributed by atoms with Gasteiger partial charge in [0.05, 0.1) is 0 Å². The molecule has 2 atom stereocenters. The molecule has 0 saturated carbocycles. The highest BCUT2D eigenvalue weighted by Crippen LogP contribution is 2.20. The summed E-state index contributed by atoms with van der Waals surface area (Å²) in [6.45, 7) is 11.4. The van der Waals surface area contributed by atoms with Crippen LogP contribution in [0.4, 0.5) is 5.69 Å². The molecule has 22 heavy (non-hydrogen) atoms. The van der Waals surface area contributed by atoms with Gasteiger partial charge in [-0.25, -0.2) is 0 Å². The highest BCUT2D eigenvalue weighted by atomic mass is 32.1. The van der Waals surface area contributed by atoms with Crippen LogP contribution >= 0.6 is 12.2 Å². The van der Waals surface area contributed by atoms with Crippen LogP contribution in [-0.4, -0.2) is 36.2 Å². The Hall–Kier alpha value is -1.13. The molecule has 0 unspecified atom stereocenters. The average molecular weight is 320 g/mol. The van der Waals surface area contributed by atoms with Gasteiger partial charge < -0.3 is 15.5 Å². The van der Waals surface area contributed by atoms with Crippen molar-refractivity contribution >= 4 is 23.0 Å². The summed E-state index contributed by atoms with van der Waals surface area (Å²) in [5, 5.41) is 7.24. The fourth-order valence-electron chi connectivity index (χ4n) is 3.29. The van der Waals surface area contributed by atoms with Gasteiger partial charge in [0.1, 0.15) is 0 Å². The number of rotatable bonds is 5. The van der Waals surface area contributed by atoms with Gasteiger partial charge in [-0.05, 0) is 62.5 Å². The molecular formula is C18H29N3S. The van der Waals surface area contributed by atoms with Gasteiger partial charge in [-0.3, -0.25) is 0 Å². The van der Waals surface area contributed by atoms with Crippen molar-refractivity contribution < 1.29 is 0 Å². The Morgan fingerprint density at radius 1 is 1.18 bits per heavy atom. The Morgan fingerprint density at radius 3 is 2.45 bits per heavy atom. The minimum absolute atomic E-state index is 0.712. The molecule has 1 aliphatic heterocycles. The first kappa shape index (κ1) is 17.2. The summed E-state index contributed by atoms with van der Waals surface area (Å²) >= 11 is 5.34. The monoisotopic (exact) mass is 319 g/mol. The van der Waals surface area contributed by atoms with E-state index in [4.69, 9.17) is 12.2 Å². The van der Waals surface area contributed by atoms with Crippen LogP contribution in [-0.2, 0) is 0 Å². The van der Waals surface area contributed by atoms with Gasteiger partial charge in [0.2, 0.25) is 0 Å². The maximum atomic E-state index is 5.34. The minimum atomic E-state index is 0.712. The first-order chi connectivity index (χ1) is 10.5. The van der Waals surface area contributed by atoms with Crippen LogP contribution in [0, 0.1) is 18.8 Å². The molecular weight excluding hydrogens is 290 g/mol. The molecule has 122 valence electrons. The van der Waals surface area contributed by atoms with E-state index in [1.807, 2.05) is 0 Å². The quantitative estimate of drug-likeness (QED) is 0.640. The van der Waals surface area contributed by atoms with E-state index in [0.717, 1.165) is 37.0 Å². The number of nitrogens with one attached hydrogen (secondary N) is 2. The molecule has 1 aliphatic rings. The third kappa shape index (κ3) is 5.93. The number of likely N-dealkylation sites (tertiary alicyclic amines) is 1. The number of anilines is 1. The second-order valence-corrected chi connectivity index (χ2v) is 7.21. The zero-order chi connectivity index (χ0) is 15.9. The summed E-state index contributed by atoms with van der Waals surface area (Å²) in [4.78, 5) is 2.59. The number of hydrogen-bond donors (Lipinski definition) is 2. The van der Waals surface area contributed by atoms with E-state index >= 15 is 0 Å². The predicted octanol–water partition coefficient (Wildman–Crippen LogP) is 3.65. The van der Waals surface area contributed by atoms with E-state index in [9.17, 15) is 0 Å². The predicted molar refractivity (Wildman–Crippen MR) is 99.4 cm³/mol. The van der Waals surface area contributed by atoms with E-state index < -0.39 is 0 Å². The van der Waals surface area contributed by atoms with Crippen molar-refractivity contribution in [2.24, 2.45) is 11.8 Å². The van der Waals surface area contributed by atoms with Gasteiger partial charge in [0, 0.05) is 25.3 Å². The molecule has 0 aliphatic carbocycles. The van der Waals surface area contributed by atoms with Crippen molar-refractivity contribution in [1.29, 1.82) is 0 Å². The number of piperidine rings is 1. The van der Waals surface area contributed by atoms with Crippen molar-refractivity contribution in [3.8, 4) is 0 Å². The normalized spacial score (nSPS) is 22.3. The third-order valence-corrected chi connectivity index (χ3v) is 4.44. The number of aryl methyl sites for hydroxylation is 1. The topological polar surface area (TPSA) is 27.3 Å². The lowest BCUT2D eigenvalue weighted by Gasteiger charge is -2.34. The van der Waals surface area contributed by atoms with Gasteiger partial charge in [-0.1, -0.05) is 31.5 Å². The molecule has 0 aromatic heterocycles. The van der Waals surface area contributed by atoms with E-state index in [0.29, 0.717) is 5.11 Å². The smallest absolute Gasteiger partial charge is 0.170 e. The van der Waals surface area contributed by atoms with Gasteiger partial charge >= 0.3 is 0 Å². The lowest BCUT2D eigenvalue weighted by atomic mass is 9.92. The van der Waals surface area contributed by atoms with Crippen LogP contribution in [0.15, 0.2) is 24.3 Å². The van der Waals surface area contributed by atoms with Crippen LogP contribution in [0.5, 0.6) is 0 Å². The zero-order valence-electron chi connectivity index (χ0n) is 14.1. The zero-order valence-corrected chi connectivity index (χ0v) is 14.9. The molecule has 2 N–H and O–H groups in total. The van der Waals surface area contributed by atoms with Gasteiger partial charge in [-0.2, -0.15) is 0 Å². The molecule has 3 nitrogen and oxygen atoms in total. The van der Waals surface area contributed by atoms with E-state index in [2.05, 4.69) is 60.6 Å². The van der Waals surface area contributed by atoms with E-state index in [-0.39, 0.29) is 0 Å². The summed E-state index contributed by atoms with van der Waals surface area (Å²) in [5.74, 6) is 1.67. The Kier molecular flexibility index (Phi) is 6.65. The number of benzene rings is 1. The SMILES string of the molecule is Cc1ccc(NC(=S)NCCCN2C[C@@H](C)C[C@H](C)C2)cc1. The fourth-order valence-corrected chi connectivity index (χ4v) is 3.51. The molecule has 0 bridgehead atoms. The molecule has 1 heterocycles. The highest BCUT2D eigenvalue weighted by molar-refractivity contribution is 7.80. The Bertz CT molecular complexity index is 462. The van der Waals surface area contributed by atoms with E-state index in [1.54, 1.807) is 0 Å². The Morgan fingerprint density at radius 2 is 1.82 bits per heavy atom. The minimum Gasteiger partial charge on any atom is -0.362 e. The van der Waals surface area contributed by atoms with Gasteiger partial charge in [-0.15, -0.1) is 0 Å². The van der Waals surface area contributed by atoms with Crippen molar-refractivity contribution in [2.75, 3.05) is 31.5 Å². The van der Waals surface area contributed by atoms with Gasteiger partial charge in [0.25, 0.3) is 0 Å². The maximum Gasteiger partial charge on any atom is 0.170 e. The lowest BCUT2D eigenvalue weighted by molar-refractivity contribution is 0.140. The maximum absolute atomic E-state index is 5.34. The van der Waals surface area contributed by atoms with Crippen molar-refractivity contribution in [1.82, 2.24) is 10.2 Å². The summed E-state index contributed by atoms with van der Waals surface area (Å²) in [5.41, 5.74) is 2.30. The average Bonchev–Trinajstić information content (AvgIpc) is 2.45. The molecule has 0 spiro atoms. The molecule has 4 heteroatoms. The summed E-state index contributed by atoms with van der Waals surface area (Å²) < 4.78 is 0. The van der Waals surface area contributed by atoms with Crippen LogP contribution in [0.3, 0.4) is 0 Å².